The van der Waals surface area contributed by atoms with E-state index in [-0.39, 0.29) is 16.3 Å². The van der Waals surface area contributed by atoms with Crippen LogP contribution in [0.25, 0.3) is 0 Å². The Labute approximate surface area is 138 Å². The quantitative estimate of drug-likeness (QED) is 0.577. The molecule has 1 aromatic carbocycles. The summed E-state index contributed by atoms with van der Waals surface area (Å²) in [6.45, 7) is 1.88. The zero-order valence-electron chi connectivity index (χ0n) is 12.0. The third kappa shape index (κ3) is 3.28. The number of rotatable bonds is 5. The first kappa shape index (κ1) is 16.8. The predicted molar refractivity (Wildman–Crippen MR) is 86.1 cm³/mol. The summed E-state index contributed by atoms with van der Waals surface area (Å²) < 4.78 is 31.2. The molecule has 1 fully saturated rings. The smallest absolute Gasteiger partial charge is 0.424 e. The third-order valence-electron chi connectivity index (χ3n) is 3.42. The lowest BCUT2D eigenvalue weighted by Gasteiger charge is -2.24. The highest BCUT2D eigenvalue weighted by Gasteiger charge is 2.45. The molecule has 2 unspecified atom stereocenters. The minimum Gasteiger partial charge on any atom is -0.446 e. The second kappa shape index (κ2) is 6.71. The van der Waals surface area contributed by atoms with E-state index >= 15 is 0 Å². The van der Waals surface area contributed by atoms with Crippen LogP contribution in [0.15, 0.2) is 29.2 Å². The highest BCUT2D eigenvalue weighted by Crippen LogP contribution is 2.29. The molecule has 1 heterocycles. The number of ether oxygens (including phenoxy) is 1. The molecule has 1 aliphatic heterocycles. The summed E-state index contributed by atoms with van der Waals surface area (Å²) in [6.07, 6.45) is 5.41. The van der Waals surface area contributed by atoms with E-state index in [1.165, 1.54) is 12.1 Å². The van der Waals surface area contributed by atoms with Crippen molar-refractivity contribution in [2.45, 2.75) is 35.5 Å². The van der Waals surface area contributed by atoms with Crippen molar-refractivity contribution in [1.82, 2.24) is 4.31 Å². The fraction of sp³-hybridized carbons (Fsp3) is 0.400. The number of halogens is 1. The molecule has 1 aliphatic rings. The standard InChI is InChI=1S/C15H16BrNO4S/c1-3-4-5-13(16)14-10-21-15(18)17(14)22(19,20)12-8-6-11(2)7-9-12/h1,6-9,13-14H,4-5,10H2,2H3. The Hall–Kier alpha value is -1.52. The molecule has 22 heavy (non-hydrogen) atoms. The third-order valence-corrected chi connectivity index (χ3v) is 6.29. The molecule has 0 N–H and O–H groups in total. The lowest BCUT2D eigenvalue weighted by Crippen LogP contribution is -2.43. The molecule has 1 amide bonds. The second-order valence-corrected chi connectivity index (χ2v) is 8.01. The van der Waals surface area contributed by atoms with Crippen molar-refractivity contribution in [3.63, 3.8) is 0 Å². The van der Waals surface area contributed by atoms with E-state index in [1.54, 1.807) is 12.1 Å². The van der Waals surface area contributed by atoms with Crippen molar-refractivity contribution >= 4 is 32.0 Å². The highest BCUT2D eigenvalue weighted by molar-refractivity contribution is 9.09. The first-order valence-corrected chi connectivity index (χ1v) is 9.09. The summed E-state index contributed by atoms with van der Waals surface area (Å²) in [7, 11) is -3.95. The van der Waals surface area contributed by atoms with Crippen molar-refractivity contribution in [2.24, 2.45) is 0 Å². The SMILES string of the molecule is C#CCCC(Br)C1COC(=O)N1S(=O)(=O)c1ccc(C)cc1. The summed E-state index contributed by atoms with van der Waals surface area (Å²) in [6, 6.07) is 5.74. The Bertz CT molecular complexity index is 693. The van der Waals surface area contributed by atoms with Gasteiger partial charge in [0, 0.05) is 11.2 Å². The van der Waals surface area contributed by atoms with Gasteiger partial charge >= 0.3 is 6.09 Å². The molecule has 1 saturated heterocycles. The Balaban J connectivity index is 2.32. The monoisotopic (exact) mass is 385 g/mol. The van der Waals surface area contributed by atoms with Gasteiger partial charge in [-0.05, 0) is 25.5 Å². The van der Waals surface area contributed by atoms with Crippen LogP contribution in [0.2, 0.25) is 0 Å². The summed E-state index contributed by atoms with van der Waals surface area (Å²) in [4.78, 5) is 11.7. The van der Waals surface area contributed by atoms with E-state index in [0.29, 0.717) is 12.8 Å². The molecule has 7 heteroatoms. The number of benzene rings is 1. The number of aryl methyl sites for hydroxylation is 1. The number of cyclic esters (lactones) is 1. The number of carbonyl (C=O) groups is 1. The maximum atomic E-state index is 12.7. The first-order chi connectivity index (χ1) is 10.4. The van der Waals surface area contributed by atoms with Crippen molar-refractivity contribution in [1.29, 1.82) is 0 Å². The molecule has 0 bridgehead atoms. The van der Waals surface area contributed by atoms with Crippen LogP contribution in [0.3, 0.4) is 0 Å². The fourth-order valence-corrected chi connectivity index (χ4v) is 4.48. The summed E-state index contributed by atoms with van der Waals surface area (Å²) in [5.74, 6) is 2.50. The zero-order chi connectivity index (χ0) is 16.3. The molecule has 118 valence electrons. The zero-order valence-corrected chi connectivity index (χ0v) is 14.4. The first-order valence-electron chi connectivity index (χ1n) is 6.73. The van der Waals surface area contributed by atoms with E-state index in [2.05, 4.69) is 21.9 Å². The molecule has 0 aliphatic carbocycles. The van der Waals surface area contributed by atoms with Gasteiger partial charge < -0.3 is 4.74 Å². The Morgan fingerprint density at radius 2 is 2.09 bits per heavy atom. The number of alkyl halides is 1. The van der Waals surface area contributed by atoms with Gasteiger partial charge in [-0.3, -0.25) is 0 Å². The summed E-state index contributed by atoms with van der Waals surface area (Å²) in [5, 5.41) is 0. The second-order valence-electron chi connectivity index (χ2n) is 5.02. The summed E-state index contributed by atoms with van der Waals surface area (Å²) >= 11 is 3.42. The van der Waals surface area contributed by atoms with Gasteiger partial charge in [-0.15, -0.1) is 12.3 Å². The van der Waals surface area contributed by atoms with Gasteiger partial charge in [0.25, 0.3) is 10.0 Å². The predicted octanol–water partition coefficient (Wildman–Crippen LogP) is 2.68. The number of amides is 1. The normalized spacial score (nSPS) is 19.6. The Morgan fingerprint density at radius 3 is 2.68 bits per heavy atom. The lowest BCUT2D eigenvalue weighted by molar-refractivity contribution is 0.170. The van der Waals surface area contributed by atoms with Gasteiger partial charge in [0.15, 0.2) is 0 Å². The van der Waals surface area contributed by atoms with Crippen LogP contribution in [-0.4, -0.2) is 36.3 Å². The van der Waals surface area contributed by atoms with Gasteiger partial charge in [0.05, 0.1) is 10.9 Å². The van der Waals surface area contributed by atoms with Gasteiger partial charge in [0.2, 0.25) is 0 Å². The van der Waals surface area contributed by atoms with E-state index in [4.69, 9.17) is 11.2 Å². The van der Waals surface area contributed by atoms with Crippen molar-refractivity contribution < 1.29 is 17.9 Å². The molecular weight excluding hydrogens is 370 g/mol. The minimum absolute atomic E-state index is 0.0183. The molecule has 0 spiro atoms. The van der Waals surface area contributed by atoms with Crippen LogP contribution in [0.5, 0.6) is 0 Å². The average Bonchev–Trinajstić information content (AvgIpc) is 2.88. The molecule has 0 aromatic heterocycles. The number of terminal acetylenes is 1. The molecule has 2 rings (SSSR count). The number of carbonyl (C=O) groups excluding carboxylic acids is 1. The number of nitrogens with zero attached hydrogens (tertiary/aromatic N) is 1. The Morgan fingerprint density at radius 1 is 1.45 bits per heavy atom. The van der Waals surface area contributed by atoms with E-state index in [0.717, 1.165) is 9.87 Å². The van der Waals surface area contributed by atoms with Crippen molar-refractivity contribution in [3.8, 4) is 12.3 Å². The molecule has 2 atom stereocenters. The summed E-state index contributed by atoms with van der Waals surface area (Å²) in [5.41, 5.74) is 0.937. The molecule has 0 radical (unpaired) electrons. The lowest BCUT2D eigenvalue weighted by atomic mass is 10.1. The van der Waals surface area contributed by atoms with Crippen LogP contribution in [0.1, 0.15) is 18.4 Å². The van der Waals surface area contributed by atoms with Crippen LogP contribution < -0.4 is 0 Å². The molecule has 0 saturated carbocycles. The van der Waals surface area contributed by atoms with Gasteiger partial charge in [0.1, 0.15) is 6.61 Å². The highest BCUT2D eigenvalue weighted by atomic mass is 79.9. The van der Waals surface area contributed by atoms with E-state index in [9.17, 15) is 13.2 Å². The van der Waals surface area contributed by atoms with Gasteiger partial charge in [-0.1, -0.05) is 33.6 Å². The van der Waals surface area contributed by atoms with Crippen molar-refractivity contribution in [3.05, 3.63) is 29.8 Å². The average molecular weight is 386 g/mol. The topological polar surface area (TPSA) is 63.7 Å². The van der Waals surface area contributed by atoms with Crippen LogP contribution >= 0.6 is 15.9 Å². The molecule has 1 aromatic rings. The number of hydrogen-bond donors (Lipinski definition) is 0. The maximum Gasteiger partial charge on any atom is 0.424 e. The number of hydrogen-bond acceptors (Lipinski definition) is 4. The fourth-order valence-electron chi connectivity index (χ4n) is 2.19. The minimum atomic E-state index is -3.95. The molecular formula is C15H16BrNO4S. The van der Waals surface area contributed by atoms with Crippen LogP contribution in [0.4, 0.5) is 4.79 Å². The van der Waals surface area contributed by atoms with E-state index in [1.807, 2.05) is 6.92 Å². The van der Waals surface area contributed by atoms with Crippen LogP contribution in [0, 0.1) is 19.3 Å². The van der Waals surface area contributed by atoms with Gasteiger partial charge in [-0.2, -0.15) is 4.31 Å². The molecule has 5 nitrogen and oxygen atoms in total. The largest absolute Gasteiger partial charge is 0.446 e. The van der Waals surface area contributed by atoms with Gasteiger partial charge in [-0.25, -0.2) is 13.2 Å². The number of sulfonamides is 1. The van der Waals surface area contributed by atoms with E-state index < -0.39 is 22.2 Å². The Kier molecular flexibility index (Phi) is 5.14. The van der Waals surface area contributed by atoms with Crippen LogP contribution in [-0.2, 0) is 14.8 Å². The maximum absolute atomic E-state index is 12.7. The van der Waals surface area contributed by atoms with Crippen molar-refractivity contribution in [2.75, 3.05) is 6.61 Å².